The molecule has 0 saturated carbocycles. The molecule has 0 radical (unpaired) electrons. The van der Waals surface area contributed by atoms with Crippen molar-refractivity contribution in [2.45, 2.75) is 20.0 Å². The highest BCUT2D eigenvalue weighted by molar-refractivity contribution is 5.97. The lowest BCUT2D eigenvalue weighted by atomic mass is 10.2. The number of aryl methyl sites for hydroxylation is 1. The van der Waals surface area contributed by atoms with E-state index in [1.54, 1.807) is 25.1 Å². The molecule has 0 aliphatic heterocycles. The number of carbonyl (C=O) groups is 1. The van der Waals surface area contributed by atoms with Crippen LogP contribution in [0.15, 0.2) is 24.3 Å². The van der Waals surface area contributed by atoms with Gasteiger partial charge < -0.3 is 4.90 Å². The highest BCUT2D eigenvalue weighted by atomic mass is 19.4. The second-order valence-electron chi connectivity index (χ2n) is 3.39. The third kappa shape index (κ3) is 2.74. The van der Waals surface area contributed by atoms with Crippen LogP contribution in [-0.4, -0.2) is 18.6 Å². The van der Waals surface area contributed by atoms with Gasteiger partial charge in [-0.15, -0.1) is 0 Å². The second-order valence-corrected chi connectivity index (χ2v) is 3.39. The maximum atomic E-state index is 12.3. The summed E-state index contributed by atoms with van der Waals surface area (Å²) < 4.78 is 36.8. The quantitative estimate of drug-likeness (QED) is 0.766. The Morgan fingerprint density at radius 1 is 1.38 bits per heavy atom. The van der Waals surface area contributed by atoms with Crippen LogP contribution < -0.4 is 4.90 Å². The number of anilines is 1. The van der Waals surface area contributed by atoms with Gasteiger partial charge in [0.05, 0.1) is 0 Å². The first kappa shape index (κ1) is 12.5. The second kappa shape index (κ2) is 4.55. The van der Waals surface area contributed by atoms with Gasteiger partial charge in [0.2, 0.25) is 0 Å². The first-order valence-electron chi connectivity index (χ1n) is 4.81. The Labute approximate surface area is 91.7 Å². The molecule has 1 aromatic rings. The number of alkyl halides is 3. The molecule has 1 rings (SSSR count). The lowest BCUT2D eigenvalue weighted by Crippen LogP contribution is -2.41. The number of nitrogens with zero attached hydrogens (tertiary/aromatic N) is 1. The molecule has 0 aromatic heterocycles. The monoisotopic (exact) mass is 231 g/mol. The molecule has 5 heteroatoms. The predicted molar refractivity (Wildman–Crippen MR) is 55.3 cm³/mol. The van der Waals surface area contributed by atoms with Gasteiger partial charge in [-0.1, -0.05) is 12.1 Å². The Bertz CT molecular complexity index is 387. The smallest absolute Gasteiger partial charge is 0.305 e. The average molecular weight is 231 g/mol. The summed E-state index contributed by atoms with van der Waals surface area (Å²) in [6.45, 7) is 3.25. The van der Waals surface area contributed by atoms with E-state index in [2.05, 4.69) is 0 Å². The van der Waals surface area contributed by atoms with Crippen molar-refractivity contribution in [1.29, 1.82) is 0 Å². The zero-order chi connectivity index (χ0) is 12.3. The Morgan fingerprint density at radius 2 is 2.00 bits per heavy atom. The highest BCUT2D eigenvalue weighted by Crippen LogP contribution is 2.23. The van der Waals surface area contributed by atoms with Crippen molar-refractivity contribution in [2.75, 3.05) is 11.4 Å². The van der Waals surface area contributed by atoms with E-state index >= 15 is 0 Å². The van der Waals surface area contributed by atoms with Crippen molar-refractivity contribution < 1.29 is 18.0 Å². The fourth-order valence-corrected chi connectivity index (χ4v) is 1.39. The Kier molecular flexibility index (Phi) is 3.57. The summed E-state index contributed by atoms with van der Waals surface area (Å²) in [5, 5.41) is 0. The molecule has 0 saturated heterocycles. The molecule has 0 spiro atoms. The van der Waals surface area contributed by atoms with Crippen molar-refractivity contribution in [3.63, 3.8) is 0 Å². The maximum Gasteiger partial charge on any atom is 0.471 e. The third-order valence-corrected chi connectivity index (χ3v) is 2.12. The summed E-state index contributed by atoms with van der Waals surface area (Å²) in [4.78, 5) is 11.8. The van der Waals surface area contributed by atoms with Gasteiger partial charge in [0.25, 0.3) is 0 Å². The minimum Gasteiger partial charge on any atom is -0.305 e. The van der Waals surface area contributed by atoms with Crippen LogP contribution in [0.3, 0.4) is 0 Å². The maximum absolute atomic E-state index is 12.3. The Balaban J connectivity index is 3.04. The number of benzene rings is 1. The van der Waals surface area contributed by atoms with E-state index in [0.29, 0.717) is 4.90 Å². The molecule has 0 aliphatic rings. The molecule has 0 atom stereocenters. The molecule has 16 heavy (non-hydrogen) atoms. The van der Waals surface area contributed by atoms with Crippen molar-refractivity contribution in [3.05, 3.63) is 29.8 Å². The molecule has 0 unspecified atom stereocenters. The van der Waals surface area contributed by atoms with Crippen LogP contribution >= 0.6 is 0 Å². The molecule has 0 fully saturated rings. The van der Waals surface area contributed by atoms with Gasteiger partial charge in [0, 0.05) is 12.2 Å². The normalized spacial score (nSPS) is 11.3. The fraction of sp³-hybridized carbons (Fsp3) is 0.364. The molecule has 1 aromatic carbocycles. The van der Waals surface area contributed by atoms with Crippen LogP contribution in [0.1, 0.15) is 12.5 Å². The molecule has 0 aliphatic carbocycles. The van der Waals surface area contributed by atoms with Gasteiger partial charge >= 0.3 is 12.1 Å². The molecule has 0 heterocycles. The predicted octanol–water partition coefficient (Wildman–Crippen LogP) is 2.91. The number of hydrogen-bond acceptors (Lipinski definition) is 1. The van der Waals surface area contributed by atoms with Crippen LogP contribution in [0.2, 0.25) is 0 Å². The highest BCUT2D eigenvalue weighted by Gasteiger charge is 2.42. The van der Waals surface area contributed by atoms with E-state index in [4.69, 9.17) is 0 Å². The zero-order valence-electron chi connectivity index (χ0n) is 9.01. The molecule has 0 bridgehead atoms. The van der Waals surface area contributed by atoms with Gasteiger partial charge in [-0.3, -0.25) is 4.79 Å². The molecule has 2 nitrogen and oxygen atoms in total. The van der Waals surface area contributed by atoms with E-state index in [-0.39, 0.29) is 12.2 Å². The minimum atomic E-state index is -4.83. The molecular weight excluding hydrogens is 219 g/mol. The van der Waals surface area contributed by atoms with Crippen LogP contribution in [0, 0.1) is 6.92 Å². The van der Waals surface area contributed by atoms with Crippen LogP contribution in [0.5, 0.6) is 0 Å². The van der Waals surface area contributed by atoms with Crippen molar-refractivity contribution >= 4 is 11.6 Å². The summed E-state index contributed by atoms with van der Waals surface area (Å²) in [6.07, 6.45) is -4.83. The van der Waals surface area contributed by atoms with Crippen molar-refractivity contribution in [3.8, 4) is 0 Å². The first-order valence-corrected chi connectivity index (χ1v) is 4.81. The van der Waals surface area contributed by atoms with Gasteiger partial charge in [0.15, 0.2) is 0 Å². The minimum absolute atomic E-state index is 0.0121. The largest absolute Gasteiger partial charge is 0.471 e. The standard InChI is InChI=1S/C11H12F3NO/c1-3-15(10(16)11(12,13)14)9-6-4-5-8(2)7-9/h4-7H,3H2,1-2H3. The number of hydrogen-bond donors (Lipinski definition) is 0. The lowest BCUT2D eigenvalue weighted by Gasteiger charge is -2.22. The Morgan fingerprint density at radius 3 is 2.44 bits per heavy atom. The molecule has 88 valence electrons. The number of halogens is 3. The lowest BCUT2D eigenvalue weighted by molar-refractivity contribution is -0.170. The van der Waals surface area contributed by atoms with E-state index < -0.39 is 12.1 Å². The van der Waals surface area contributed by atoms with Crippen LogP contribution in [0.25, 0.3) is 0 Å². The van der Waals surface area contributed by atoms with Gasteiger partial charge in [0.1, 0.15) is 0 Å². The van der Waals surface area contributed by atoms with Gasteiger partial charge in [-0.25, -0.2) is 0 Å². The van der Waals surface area contributed by atoms with E-state index in [9.17, 15) is 18.0 Å². The summed E-state index contributed by atoms with van der Waals surface area (Å²) in [5.74, 6) is -1.83. The number of rotatable bonds is 2. The van der Waals surface area contributed by atoms with Crippen molar-refractivity contribution in [1.82, 2.24) is 0 Å². The number of carbonyl (C=O) groups excluding carboxylic acids is 1. The summed E-state index contributed by atoms with van der Waals surface area (Å²) >= 11 is 0. The van der Waals surface area contributed by atoms with Crippen molar-refractivity contribution in [2.24, 2.45) is 0 Å². The van der Waals surface area contributed by atoms with Gasteiger partial charge in [-0.05, 0) is 31.5 Å². The number of amides is 1. The fourth-order valence-electron chi connectivity index (χ4n) is 1.39. The third-order valence-electron chi connectivity index (χ3n) is 2.12. The summed E-state index contributed by atoms with van der Waals surface area (Å²) in [6, 6.07) is 6.42. The Hall–Kier alpha value is -1.52. The van der Waals surface area contributed by atoms with Gasteiger partial charge in [-0.2, -0.15) is 13.2 Å². The first-order chi connectivity index (χ1) is 7.36. The summed E-state index contributed by atoms with van der Waals surface area (Å²) in [5.41, 5.74) is 1.08. The zero-order valence-corrected chi connectivity index (χ0v) is 9.01. The molecule has 0 N–H and O–H groups in total. The van der Waals surface area contributed by atoms with E-state index in [0.717, 1.165) is 5.56 Å². The molecule has 1 amide bonds. The topological polar surface area (TPSA) is 20.3 Å². The summed E-state index contributed by atoms with van der Waals surface area (Å²) in [7, 11) is 0. The molecular formula is C11H12F3NO. The van der Waals surface area contributed by atoms with E-state index in [1.165, 1.54) is 13.0 Å². The van der Waals surface area contributed by atoms with Crippen LogP contribution in [0.4, 0.5) is 18.9 Å². The van der Waals surface area contributed by atoms with Crippen LogP contribution in [-0.2, 0) is 4.79 Å². The SMILES string of the molecule is CCN(C(=O)C(F)(F)F)c1cccc(C)c1. The van der Waals surface area contributed by atoms with E-state index in [1.807, 2.05) is 0 Å². The average Bonchev–Trinajstić information content (AvgIpc) is 2.17.